The molecule has 0 amide bonds. The lowest BCUT2D eigenvalue weighted by Gasteiger charge is -2.46. The summed E-state index contributed by atoms with van der Waals surface area (Å²) in [6.07, 6.45) is 0. The Labute approximate surface area is 680 Å². The summed E-state index contributed by atoms with van der Waals surface area (Å²) in [5, 5.41) is 3.57. The summed E-state index contributed by atoms with van der Waals surface area (Å²) in [6, 6.07) is 77.1. The standard InChI is InChI=1S/C108H90N4O/c1-105(2,3)72-44-50-80-86(59-72)87-60-73(106(4,5)6)45-51-81(87)100(80)69-43-49-84-96(58-69)110(76-55-70(66-30-18-14-19-31-66)54-71(56-76)67-32-20-15-21-33-67)98-63-77(109-90-38-24-22-34-78(90)79-35-23-25-39-91(79)109)64-99-102(98)101(84)85-48-42-68(65-28-16-13-17-29-65)57-97(85)112(99)95-41-27-37-83-82-36-26-40-94(103(82)113-104(83)95)111-92-52-46-74(107(7,8)9)61-88(92)89-62-75(108(10,11)12)47-53-93(89)111/h13-64,100-101H,1-12H3/i13D,16D,17D,22D,23D,24D,25D,28D,29D,34D,35D,38D,39D. The lowest BCUT2D eigenvalue weighted by atomic mass is 9.74. The van der Waals surface area contributed by atoms with Crippen molar-refractivity contribution >= 4 is 99.7 Å². The first kappa shape index (κ1) is 55.7. The fraction of sp³-hybridized carbons (Fsp3) is 0.167. The molecule has 0 spiro atoms. The third kappa shape index (κ3) is 10.8. The first-order chi connectivity index (χ1) is 60.0. The molecule has 548 valence electrons. The Bertz CT molecular complexity index is 7530. The molecule has 21 rings (SSSR count). The average molecular weight is 1470 g/mol. The normalized spacial score (nSPS) is 15.8. The van der Waals surface area contributed by atoms with E-state index in [4.69, 9.17) is 5.79 Å². The molecule has 0 saturated carbocycles. The van der Waals surface area contributed by atoms with E-state index in [9.17, 15) is 16.4 Å². The van der Waals surface area contributed by atoms with Gasteiger partial charge in [0.15, 0.2) is 11.2 Å². The molecule has 2 aliphatic heterocycles. The lowest BCUT2D eigenvalue weighted by molar-refractivity contribution is 0.589. The highest BCUT2D eigenvalue weighted by Crippen LogP contribution is 2.64. The molecular formula is C108H90N4O. The molecule has 5 nitrogen and oxygen atoms in total. The van der Waals surface area contributed by atoms with Crippen molar-refractivity contribution in [3.05, 3.63) is 371 Å². The van der Waals surface area contributed by atoms with Crippen LogP contribution in [0.2, 0.25) is 0 Å². The van der Waals surface area contributed by atoms with E-state index in [-0.39, 0.29) is 60.6 Å². The van der Waals surface area contributed by atoms with Gasteiger partial charge in [-0.3, -0.25) is 0 Å². The molecule has 3 aliphatic rings. The Morgan fingerprint density at radius 2 is 0.743 bits per heavy atom. The predicted molar refractivity (Wildman–Crippen MR) is 477 cm³/mol. The van der Waals surface area contributed by atoms with Crippen LogP contribution in [0.5, 0.6) is 0 Å². The van der Waals surface area contributed by atoms with Crippen molar-refractivity contribution in [2.24, 2.45) is 0 Å². The van der Waals surface area contributed by atoms with Crippen molar-refractivity contribution in [2.75, 3.05) is 9.80 Å². The zero-order valence-corrected chi connectivity index (χ0v) is 65.4. The van der Waals surface area contributed by atoms with Crippen LogP contribution in [-0.4, -0.2) is 9.13 Å². The van der Waals surface area contributed by atoms with Crippen molar-refractivity contribution < 1.29 is 22.2 Å². The maximum absolute atomic E-state index is 10.2. The van der Waals surface area contributed by atoms with Crippen LogP contribution in [0.3, 0.4) is 0 Å². The van der Waals surface area contributed by atoms with Gasteiger partial charge < -0.3 is 23.4 Å². The van der Waals surface area contributed by atoms with Crippen LogP contribution in [-0.2, 0) is 21.7 Å². The summed E-state index contributed by atoms with van der Waals surface area (Å²) in [7, 11) is 0. The number of nitrogens with zero attached hydrogens (tertiary/aromatic N) is 4. The summed E-state index contributed by atoms with van der Waals surface area (Å²) in [6.45, 7) is 26.9. The molecule has 1 aliphatic carbocycles. The van der Waals surface area contributed by atoms with Gasteiger partial charge in [-0.05, 0) is 207 Å². The van der Waals surface area contributed by atoms with Gasteiger partial charge in [-0.25, -0.2) is 0 Å². The van der Waals surface area contributed by atoms with Crippen molar-refractivity contribution in [3.63, 3.8) is 0 Å². The van der Waals surface area contributed by atoms with Crippen molar-refractivity contribution in [2.45, 2.75) is 117 Å². The molecule has 0 radical (unpaired) electrons. The summed E-state index contributed by atoms with van der Waals surface area (Å²) in [5.41, 5.74) is 23.8. The minimum Gasteiger partial charge on any atom is -0.452 e. The Balaban J connectivity index is 0.930. The van der Waals surface area contributed by atoms with Gasteiger partial charge in [-0.2, -0.15) is 0 Å². The Hall–Kier alpha value is -12.7. The third-order valence-electron chi connectivity index (χ3n) is 24.1. The highest BCUT2D eigenvalue weighted by molar-refractivity contribution is 6.16. The van der Waals surface area contributed by atoms with E-state index in [2.05, 4.69) is 255 Å². The molecular weight excluding hydrogens is 1370 g/mol. The van der Waals surface area contributed by atoms with E-state index in [1.807, 2.05) is 78.9 Å². The number of fused-ring (bicyclic) bond motifs is 16. The summed E-state index contributed by atoms with van der Waals surface area (Å²) >= 11 is 0. The van der Waals surface area contributed by atoms with E-state index >= 15 is 0 Å². The number of aromatic nitrogens is 2. The number of furan rings is 1. The Morgan fingerprint density at radius 1 is 0.274 bits per heavy atom. The molecule has 113 heavy (non-hydrogen) atoms. The van der Waals surface area contributed by atoms with Crippen molar-refractivity contribution in [1.29, 1.82) is 0 Å². The van der Waals surface area contributed by atoms with Crippen LogP contribution in [0.25, 0.3) is 121 Å². The fourth-order valence-electron chi connectivity index (χ4n) is 18.3. The second-order valence-electron chi connectivity index (χ2n) is 35.1. The van der Waals surface area contributed by atoms with E-state index in [1.54, 1.807) is 4.57 Å². The van der Waals surface area contributed by atoms with Gasteiger partial charge in [0.2, 0.25) is 0 Å². The number of hydrogen-bond donors (Lipinski definition) is 0. The van der Waals surface area contributed by atoms with Gasteiger partial charge in [0.05, 0.1) is 79.7 Å². The maximum Gasteiger partial charge on any atom is 0.159 e. The topological polar surface area (TPSA) is 29.5 Å². The van der Waals surface area contributed by atoms with E-state index in [0.717, 1.165) is 116 Å². The number of para-hydroxylation sites is 4. The highest BCUT2D eigenvalue weighted by Gasteiger charge is 2.44. The second-order valence-corrected chi connectivity index (χ2v) is 35.1. The minimum absolute atomic E-state index is 0.0201. The number of benzene rings is 15. The third-order valence-corrected chi connectivity index (χ3v) is 24.1. The van der Waals surface area contributed by atoms with Crippen LogP contribution in [0.4, 0.5) is 34.1 Å². The Morgan fingerprint density at radius 3 is 1.29 bits per heavy atom. The molecule has 1 atom stereocenters. The van der Waals surface area contributed by atoms with Gasteiger partial charge in [-0.15, -0.1) is 0 Å². The molecule has 3 aromatic heterocycles. The number of anilines is 6. The van der Waals surface area contributed by atoms with Crippen LogP contribution in [0.15, 0.2) is 320 Å². The van der Waals surface area contributed by atoms with Crippen LogP contribution in [0.1, 0.15) is 168 Å². The summed E-state index contributed by atoms with van der Waals surface area (Å²) in [5.74, 6) is -1.01. The molecule has 1 unspecified atom stereocenters. The van der Waals surface area contributed by atoms with Gasteiger partial charge in [0, 0.05) is 55.4 Å². The first-order valence-corrected chi connectivity index (χ1v) is 39.2. The predicted octanol–water partition coefficient (Wildman–Crippen LogP) is 29.9. The highest BCUT2D eigenvalue weighted by atomic mass is 16.3. The van der Waals surface area contributed by atoms with E-state index in [1.165, 1.54) is 22.3 Å². The van der Waals surface area contributed by atoms with Gasteiger partial charge in [0.25, 0.3) is 0 Å². The molecule has 5 heterocycles. The van der Waals surface area contributed by atoms with Crippen molar-refractivity contribution in [3.8, 4) is 55.9 Å². The van der Waals surface area contributed by atoms with Gasteiger partial charge >= 0.3 is 0 Å². The zero-order valence-electron chi connectivity index (χ0n) is 78.4. The van der Waals surface area contributed by atoms with Gasteiger partial charge in [0.1, 0.15) is 0 Å². The van der Waals surface area contributed by atoms with Crippen LogP contribution in [0, 0.1) is 0 Å². The fourth-order valence-corrected chi connectivity index (χ4v) is 18.3. The molecule has 18 aromatic rings. The smallest absolute Gasteiger partial charge is 0.159 e. The monoisotopic (exact) mass is 1470 g/mol. The minimum atomic E-state index is -0.718. The van der Waals surface area contributed by atoms with E-state index < -0.39 is 84.5 Å². The maximum atomic E-state index is 10.2. The molecule has 0 fully saturated rings. The SMILES string of the molecule is [2H]c1c([2H])c([2H])c(-c2ccc3c(c2)N(c2cccc4c2oc2c(-n5c6ccc(C(C)(C)C)cc6c6cc(C(C)(C)C)ccc65)cccc24)c2cc(-n4c5c([2H])c([2H])c([2H])c([2H])c5c5c([2H])c([2H])c([2H])c([2H])c54)cc4c2C3c2ccc(C3c5ccc(C(C)(C)C)cc5-c5cc(C(C)(C)C)ccc53)cc2N4c2cc(-c3ccccc3)cc(-c3ccccc3)c2)c([2H])c1[2H]. The quantitative estimate of drug-likeness (QED) is 0.152. The number of rotatable bonds is 8. The zero-order chi connectivity index (χ0) is 88.2. The Kier molecular flexibility index (Phi) is 12.3. The van der Waals surface area contributed by atoms with Gasteiger partial charge in [-0.1, -0.05) is 307 Å². The van der Waals surface area contributed by atoms with Crippen LogP contribution < -0.4 is 9.80 Å². The summed E-state index contributed by atoms with van der Waals surface area (Å²) in [4.78, 5) is 4.44. The number of hydrogen-bond acceptors (Lipinski definition) is 3. The summed E-state index contributed by atoms with van der Waals surface area (Å²) < 4.78 is 136. The first-order valence-electron chi connectivity index (χ1n) is 45.7. The molecule has 0 bridgehead atoms. The molecule has 15 aromatic carbocycles. The molecule has 0 saturated heterocycles. The largest absolute Gasteiger partial charge is 0.452 e. The second kappa shape index (κ2) is 24.9. The van der Waals surface area contributed by atoms with Crippen LogP contribution >= 0.6 is 0 Å². The molecule has 0 N–H and O–H groups in total. The van der Waals surface area contributed by atoms with Crippen molar-refractivity contribution in [1.82, 2.24) is 9.13 Å². The average Bonchev–Trinajstić information content (AvgIpc) is 1.08. The molecule has 5 heteroatoms. The lowest BCUT2D eigenvalue weighted by Crippen LogP contribution is -2.30. The van der Waals surface area contributed by atoms with E-state index in [0.29, 0.717) is 39.5 Å².